The number of aromatic nitrogens is 1. The van der Waals surface area contributed by atoms with Crippen LogP contribution in [0.2, 0.25) is 0 Å². The lowest BCUT2D eigenvalue weighted by atomic mass is 10.1. The van der Waals surface area contributed by atoms with E-state index in [4.69, 9.17) is 4.42 Å². The summed E-state index contributed by atoms with van der Waals surface area (Å²) in [6, 6.07) is 18.5. The first kappa shape index (κ1) is 13.1. The van der Waals surface area contributed by atoms with Crippen LogP contribution in [-0.4, -0.2) is 11.2 Å². The van der Waals surface area contributed by atoms with Crippen molar-refractivity contribution in [3.63, 3.8) is 0 Å². The predicted octanol–water partition coefficient (Wildman–Crippen LogP) is 5.41. The van der Waals surface area contributed by atoms with Crippen molar-refractivity contribution in [2.24, 2.45) is 0 Å². The number of hydrogen-bond donors (Lipinski definition) is 0. The normalized spacial score (nSPS) is 11.5. The van der Waals surface area contributed by atoms with Crippen molar-refractivity contribution >= 4 is 21.8 Å². The summed E-state index contributed by atoms with van der Waals surface area (Å²) in [7, 11) is 0. The highest BCUT2D eigenvalue weighted by Crippen LogP contribution is 2.32. The molecular weight excluding hydrogens is 277 g/mol. The molecule has 0 unspecified atom stereocenters. The molecule has 0 aliphatic rings. The van der Waals surface area contributed by atoms with Gasteiger partial charge < -0.3 is 8.98 Å². The number of para-hydroxylation sites is 1. The van der Waals surface area contributed by atoms with Gasteiger partial charge >= 0.3 is 0 Å². The second-order valence-corrected chi connectivity index (χ2v) is 5.42. The minimum Gasteiger partial charge on any atom is -0.464 e. The topological polar surface area (TPSA) is 18.1 Å². The molecule has 4 aromatic rings. The van der Waals surface area contributed by atoms with Crippen LogP contribution in [0.25, 0.3) is 33.1 Å². The van der Waals surface area contributed by atoms with Crippen LogP contribution in [0.4, 0.5) is 4.39 Å². The summed E-state index contributed by atoms with van der Waals surface area (Å²) in [5.41, 5.74) is 3.36. The molecule has 2 aromatic heterocycles. The number of furan rings is 1. The molecule has 2 nitrogen and oxygen atoms in total. The van der Waals surface area contributed by atoms with Crippen molar-refractivity contribution < 1.29 is 8.81 Å². The Labute approximate surface area is 127 Å². The first-order valence-electron chi connectivity index (χ1n) is 7.49. The van der Waals surface area contributed by atoms with E-state index < -0.39 is 0 Å². The van der Waals surface area contributed by atoms with E-state index in [0.29, 0.717) is 13.0 Å². The molecule has 0 atom stereocenters. The van der Waals surface area contributed by atoms with Gasteiger partial charge in [-0.3, -0.25) is 4.39 Å². The van der Waals surface area contributed by atoms with Crippen LogP contribution < -0.4 is 0 Å². The van der Waals surface area contributed by atoms with Gasteiger partial charge in [-0.05, 0) is 42.8 Å². The van der Waals surface area contributed by atoms with Crippen LogP contribution in [0, 0.1) is 0 Å². The van der Waals surface area contributed by atoms with Crippen molar-refractivity contribution in [1.82, 2.24) is 4.57 Å². The van der Waals surface area contributed by atoms with E-state index >= 15 is 0 Å². The molecule has 0 amide bonds. The zero-order valence-electron chi connectivity index (χ0n) is 12.1. The van der Waals surface area contributed by atoms with Crippen LogP contribution in [0.15, 0.2) is 65.3 Å². The molecule has 0 N–H and O–H groups in total. The molecule has 3 heteroatoms. The van der Waals surface area contributed by atoms with Crippen molar-refractivity contribution in [2.75, 3.05) is 6.67 Å². The highest BCUT2D eigenvalue weighted by molar-refractivity contribution is 6.09. The molecule has 2 aromatic carbocycles. The van der Waals surface area contributed by atoms with Gasteiger partial charge in [0.15, 0.2) is 0 Å². The summed E-state index contributed by atoms with van der Waals surface area (Å²) in [6.07, 6.45) is 2.22. The Kier molecular flexibility index (Phi) is 3.19. The highest BCUT2D eigenvalue weighted by atomic mass is 19.1. The fourth-order valence-corrected chi connectivity index (χ4v) is 3.11. The maximum atomic E-state index is 12.6. The fraction of sp³-hybridized carbons (Fsp3) is 0.158. The Hall–Kier alpha value is -2.55. The summed E-state index contributed by atoms with van der Waals surface area (Å²) in [5, 5.41) is 2.38. The molecule has 0 radical (unpaired) electrons. The van der Waals surface area contributed by atoms with E-state index in [1.165, 1.54) is 10.8 Å². The van der Waals surface area contributed by atoms with Crippen molar-refractivity contribution in [3.8, 4) is 11.3 Å². The molecule has 110 valence electrons. The standard InChI is InChI=1S/C19H16FNO/c20-10-4-11-21-17-6-2-1-5-15(17)16-13-14(8-9-18(16)21)19-7-3-12-22-19/h1-3,5-9,12-13H,4,10-11H2. The molecule has 4 rings (SSSR count). The summed E-state index contributed by atoms with van der Waals surface area (Å²) in [4.78, 5) is 0. The number of fused-ring (bicyclic) bond motifs is 3. The lowest BCUT2D eigenvalue weighted by Crippen LogP contribution is -1.98. The Morgan fingerprint density at radius 1 is 0.909 bits per heavy atom. The van der Waals surface area contributed by atoms with Gasteiger partial charge in [0.05, 0.1) is 12.9 Å². The summed E-state index contributed by atoms with van der Waals surface area (Å²) in [5.74, 6) is 0.863. The highest BCUT2D eigenvalue weighted by Gasteiger charge is 2.11. The number of nitrogens with zero attached hydrogens (tertiary/aromatic N) is 1. The summed E-state index contributed by atoms with van der Waals surface area (Å²) < 4.78 is 20.3. The molecule has 0 saturated heterocycles. The monoisotopic (exact) mass is 293 g/mol. The first-order valence-corrected chi connectivity index (χ1v) is 7.49. The van der Waals surface area contributed by atoms with Gasteiger partial charge in [0.25, 0.3) is 0 Å². The average molecular weight is 293 g/mol. The van der Waals surface area contributed by atoms with Gasteiger partial charge in [0.2, 0.25) is 0 Å². The number of rotatable bonds is 4. The summed E-state index contributed by atoms with van der Waals surface area (Å²) >= 11 is 0. The first-order chi connectivity index (χ1) is 10.9. The maximum absolute atomic E-state index is 12.6. The lowest BCUT2D eigenvalue weighted by molar-refractivity contribution is 0.452. The SMILES string of the molecule is FCCCn1c2ccccc2c2cc(-c3ccco3)ccc21. The Morgan fingerprint density at radius 3 is 2.59 bits per heavy atom. The minimum atomic E-state index is -0.293. The zero-order valence-corrected chi connectivity index (χ0v) is 12.1. The number of aryl methyl sites for hydroxylation is 1. The third-order valence-corrected chi connectivity index (χ3v) is 4.09. The molecule has 0 aliphatic heterocycles. The number of hydrogen-bond acceptors (Lipinski definition) is 1. The Morgan fingerprint density at radius 2 is 1.77 bits per heavy atom. The molecule has 0 fully saturated rings. The van der Waals surface area contributed by atoms with E-state index in [1.807, 2.05) is 24.3 Å². The van der Waals surface area contributed by atoms with Crippen LogP contribution in [0.1, 0.15) is 6.42 Å². The van der Waals surface area contributed by atoms with Crippen LogP contribution in [0.3, 0.4) is 0 Å². The average Bonchev–Trinajstić information content (AvgIpc) is 3.19. The fourth-order valence-electron chi connectivity index (χ4n) is 3.11. The van der Waals surface area contributed by atoms with Crippen molar-refractivity contribution in [2.45, 2.75) is 13.0 Å². The van der Waals surface area contributed by atoms with Gasteiger partial charge in [-0.1, -0.05) is 18.2 Å². The van der Waals surface area contributed by atoms with Gasteiger partial charge in [0.1, 0.15) is 5.76 Å². The van der Waals surface area contributed by atoms with Gasteiger partial charge in [-0.25, -0.2) is 0 Å². The molecule has 2 heterocycles. The third-order valence-electron chi connectivity index (χ3n) is 4.09. The predicted molar refractivity (Wildman–Crippen MR) is 87.7 cm³/mol. The van der Waals surface area contributed by atoms with Gasteiger partial charge in [-0.2, -0.15) is 0 Å². The van der Waals surface area contributed by atoms with Crippen molar-refractivity contribution in [1.29, 1.82) is 0 Å². The van der Waals surface area contributed by atoms with Crippen LogP contribution >= 0.6 is 0 Å². The number of halogens is 1. The number of alkyl halides is 1. The second kappa shape index (κ2) is 5.34. The van der Waals surface area contributed by atoms with E-state index in [9.17, 15) is 4.39 Å². The second-order valence-electron chi connectivity index (χ2n) is 5.42. The van der Waals surface area contributed by atoms with E-state index in [-0.39, 0.29) is 6.67 Å². The molecule has 0 saturated carbocycles. The summed E-state index contributed by atoms with van der Waals surface area (Å²) in [6.45, 7) is 0.402. The zero-order chi connectivity index (χ0) is 14.9. The maximum Gasteiger partial charge on any atom is 0.133 e. The largest absolute Gasteiger partial charge is 0.464 e. The van der Waals surface area contributed by atoms with E-state index in [0.717, 1.165) is 22.4 Å². The van der Waals surface area contributed by atoms with E-state index in [1.54, 1.807) is 6.26 Å². The molecule has 0 bridgehead atoms. The quantitative estimate of drug-likeness (QED) is 0.491. The molecule has 0 aliphatic carbocycles. The smallest absolute Gasteiger partial charge is 0.133 e. The van der Waals surface area contributed by atoms with Crippen molar-refractivity contribution in [3.05, 3.63) is 60.9 Å². The Balaban J connectivity index is 1.98. The molecule has 22 heavy (non-hydrogen) atoms. The van der Waals surface area contributed by atoms with Crippen LogP contribution in [0.5, 0.6) is 0 Å². The lowest BCUT2D eigenvalue weighted by Gasteiger charge is -2.05. The minimum absolute atomic E-state index is 0.293. The molecular formula is C19H16FNO. The van der Waals surface area contributed by atoms with Gasteiger partial charge in [0, 0.05) is 33.9 Å². The molecule has 0 spiro atoms. The third kappa shape index (κ3) is 2.01. The number of benzene rings is 2. The van der Waals surface area contributed by atoms with Gasteiger partial charge in [-0.15, -0.1) is 0 Å². The van der Waals surface area contributed by atoms with Crippen LogP contribution in [-0.2, 0) is 6.54 Å². The Bertz CT molecular complexity index is 921. The van der Waals surface area contributed by atoms with E-state index in [2.05, 4.69) is 34.9 Å².